The van der Waals surface area contributed by atoms with Gasteiger partial charge in [0.05, 0.1) is 6.10 Å². The zero-order chi connectivity index (χ0) is 14.8. The molecule has 1 aliphatic heterocycles. The molecule has 0 spiro atoms. The smallest absolute Gasteiger partial charge is 0.407 e. The maximum Gasteiger partial charge on any atom is 0.407 e. The first-order chi connectivity index (χ1) is 8.62. The van der Waals surface area contributed by atoms with Gasteiger partial charge in [-0.1, -0.05) is 20.8 Å². The van der Waals surface area contributed by atoms with Crippen LogP contribution >= 0.6 is 0 Å². The highest BCUT2D eigenvalue weighted by Crippen LogP contribution is 2.25. The number of aliphatic hydroxyl groups excluding tert-OH is 1. The fraction of sp³-hybridized carbons (Fsp3) is 0.846. The molecule has 0 radical (unpaired) electrons. The van der Waals surface area contributed by atoms with Crippen molar-refractivity contribution in [1.29, 1.82) is 0 Å². The van der Waals surface area contributed by atoms with Crippen LogP contribution in [-0.2, 0) is 9.53 Å². The van der Waals surface area contributed by atoms with Gasteiger partial charge >= 0.3 is 12.1 Å². The first-order valence-electron chi connectivity index (χ1n) is 6.49. The standard InChI is InChI=1S/C13H23NO5/c1-8(13(2,3)4)19-11(16)9-7-14(12(17)18)6-5-10(9)15/h8-10,15H,5-7H2,1-4H3,(H,17,18). The molecule has 1 rings (SSSR count). The number of carbonyl (C=O) groups is 2. The van der Waals surface area contributed by atoms with Gasteiger partial charge in [-0.2, -0.15) is 0 Å². The van der Waals surface area contributed by atoms with E-state index in [4.69, 9.17) is 9.84 Å². The van der Waals surface area contributed by atoms with Crippen molar-refractivity contribution in [3.63, 3.8) is 0 Å². The average molecular weight is 273 g/mol. The third-order valence-corrected chi connectivity index (χ3v) is 3.66. The number of esters is 1. The summed E-state index contributed by atoms with van der Waals surface area (Å²) in [6.07, 6.45) is -1.95. The Morgan fingerprint density at radius 1 is 1.37 bits per heavy atom. The van der Waals surface area contributed by atoms with Gasteiger partial charge in [-0.25, -0.2) is 4.79 Å². The van der Waals surface area contributed by atoms with Crippen LogP contribution in [0.25, 0.3) is 0 Å². The Balaban J connectivity index is 2.66. The predicted molar refractivity (Wildman–Crippen MR) is 68.7 cm³/mol. The summed E-state index contributed by atoms with van der Waals surface area (Å²) in [5.41, 5.74) is -0.193. The zero-order valence-electron chi connectivity index (χ0n) is 11.9. The minimum Gasteiger partial charge on any atom is -0.465 e. The molecule has 0 aliphatic carbocycles. The third kappa shape index (κ3) is 4.09. The summed E-state index contributed by atoms with van der Waals surface area (Å²) in [6.45, 7) is 7.88. The van der Waals surface area contributed by atoms with E-state index in [1.165, 1.54) is 0 Å². The normalized spacial score (nSPS) is 25.8. The summed E-state index contributed by atoms with van der Waals surface area (Å²) in [6, 6.07) is 0. The average Bonchev–Trinajstić information content (AvgIpc) is 2.27. The van der Waals surface area contributed by atoms with Crippen molar-refractivity contribution in [2.24, 2.45) is 11.3 Å². The molecule has 2 N–H and O–H groups in total. The highest BCUT2D eigenvalue weighted by molar-refractivity contribution is 5.75. The van der Waals surface area contributed by atoms with Crippen molar-refractivity contribution >= 4 is 12.1 Å². The molecule has 19 heavy (non-hydrogen) atoms. The van der Waals surface area contributed by atoms with Gasteiger partial charge in [0, 0.05) is 13.1 Å². The SMILES string of the molecule is CC(OC(=O)C1CN(C(=O)O)CCC1O)C(C)(C)C. The Morgan fingerprint density at radius 3 is 2.42 bits per heavy atom. The van der Waals surface area contributed by atoms with E-state index in [0.29, 0.717) is 0 Å². The topological polar surface area (TPSA) is 87.1 Å². The molecular formula is C13H23NO5. The molecule has 3 unspecified atom stereocenters. The number of aliphatic hydroxyl groups is 1. The fourth-order valence-corrected chi connectivity index (χ4v) is 1.78. The molecule has 1 heterocycles. The van der Waals surface area contributed by atoms with E-state index in [-0.39, 0.29) is 31.0 Å². The van der Waals surface area contributed by atoms with Crippen molar-refractivity contribution in [1.82, 2.24) is 4.90 Å². The first-order valence-corrected chi connectivity index (χ1v) is 6.49. The van der Waals surface area contributed by atoms with E-state index >= 15 is 0 Å². The lowest BCUT2D eigenvalue weighted by molar-refractivity contribution is -0.164. The third-order valence-electron chi connectivity index (χ3n) is 3.66. The Hall–Kier alpha value is -1.30. The van der Waals surface area contributed by atoms with Crippen LogP contribution in [0.5, 0.6) is 0 Å². The van der Waals surface area contributed by atoms with Gasteiger partial charge in [-0.05, 0) is 18.8 Å². The summed E-state index contributed by atoms with van der Waals surface area (Å²) in [7, 11) is 0. The number of nitrogens with zero attached hydrogens (tertiary/aromatic N) is 1. The Bertz CT molecular complexity index is 349. The van der Waals surface area contributed by atoms with Crippen molar-refractivity contribution in [3.05, 3.63) is 0 Å². The summed E-state index contributed by atoms with van der Waals surface area (Å²) >= 11 is 0. The monoisotopic (exact) mass is 273 g/mol. The number of hydrogen-bond acceptors (Lipinski definition) is 4. The predicted octanol–water partition coefficient (Wildman–Crippen LogP) is 1.32. The molecular weight excluding hydrogens is 250 g/mol. The maximum absolute atomic E-state index is 12.0. The van der Waals surface area contributed by atoms with Gasteiger partial charge in [0.25, 0.3) is 0 Å². The first kappa shape index (κ1) is 15.8. The molecule has 0 saturated carbocycles. The second kappa shape index (κ2) is 5.77. The van der Waals surface area contributed by atoms with Crippen LogP contribution < -0.4 is 0 Å². The van der Waals surface area contributed by atoms with Crippen LogP contribution in [0.2, 0.25) is 0 Å². The van der Waals surface area contributed by atoms with Crippen LogP contribution in [0.15, 0.2) is 0 Å². The van der Waals surface area contributed by atoms with Crippen molar-refractivity contribution in [2.45, 2.75) is 46.3 Å². The lowest BCUT2D eigenvalue weighted by Gasteiger charge is -2.35. The molecule has 1 aliphatic rings. The molecule has 110 valence electrons. The zero-order valence-corrected chi connectivity index (χ0v) is 11.9. The van der Waals surface area contributed by atoms with Crippen LogP contribution in [0.1, 0.15) is 34.1 Å². The number of carboxylic acid groups (broad SMARTS) is 1. The lowest BCUT2D eigenvalue weighted by atomic mass is 9.89. The second-order valence-corrected chi connectivity index (χ2v) is 6.14. The van der Waals surface area contributed by atoms with E-state index in [1.54, 1.807) is 6.92 Å². The molecule has 1 saturated heterocycles. The van der Waals surface area contributed by atoms with Crippen LogP contribution in [-0.4, -0.2) is 52.5 Å². The van der Waals surface area contributed by atoms with Crippen molar-refractivity contribution in [2.75, 3.05) is 13.1 Å². The summed E-state index contributed by atoms with van der Waals surface area (Å²) < 4.78 is 5.33. The number of rotatable bonds is 2. The fourth-order valence-electron chi connectivity index (χ4n) is 1.78. The molecule has 1 amide bonds. The van der Waals surface area contributed by atoms with Crippen molar-refractivity contribution in [3.8, 4) is 0 Å². The number of amides is 1. The highest BCUT2D eigenvalue weighted by atomic mass is 16.5. The van der Waals surface area contributed by atoms with Gasteiger partial charge in [-0.15, -0.1) is 0 Å². The van der Waals surface area contributed by atoms with Gasteiger partial charge in [0.1, 0.15) is 12.0 Å². The Labute approximate surface area is 113 Å². The van der Waals surface area contributed by atoms with E-state index in [9.17, 15) is 14.7 Å². The molecule has 1 fully saturated rings. The summed E-state index contributed by atoms with van der Waals surface area (Å²) in [5, 5.41) is 18.8. The number of ether oxygens (including phenoxy) is 1. The summed E-state index contributed by atoms with van der Waals surface area (Å²) in [5.74, 6) is -1.32. The van der Waals surface area contributed by atoms with Crippen LogP contribution in [0, 0.1) is 11.3 Å². The molecule has 0 bridgehead atoms. The molecule has 0 aromatic heterocycles. The minimum absolute atomic E-state index is 0.00774. The highest BCUT2D eigenvalue weighted by Gasteiger charge is 2.37. The molecule has 0 aromatic carbocycles. The number of likely N-dealkylation sites (tertiary alicyclic amines) is 1. The van der Waals surface area contributed by atoms with Crippen LogP contribution in [0.4, 0.5) is 4.79 Å². The van der Waals surface area contributed by atoms with Crippen LogP contribution in [0.3, 0.4) is 0 Å². The maximum atomic E-state index is 12.0. The van der Waals surface area contributed by atoms with Gasteiger partial charge in [0.2, 0.25) is 0 Å². The number of carbonyl (C=O) groups excluding carboxylic acids is 1. The van der Waals surface area contributed by atoms with E-state index < -0.39 is 24.1 Å². The van der Waals surface area contributed by atoms with E-state index in [1.807, 2.05) is 20.8 Å². The van der Waals surface area contributed by atoms with E-state index in [2.05, 4.69) is 0 Å². The van der Waals surface area contributed by atoms with Crippen molar-refractivity contribution < 1.29 is 24.5 Å². The number of hydrogen-bond donors (Lipinski definition) is 2. The van der Waals surface area contributed by atoms with Gasteiger partial charge in [0.15, 0.2) is 0 Å². The van der Waals surface area contributed by atoms with Gasteiger partial charge in [-0.3, -0.25) is 4.79 Å². The minimum atomic E-state index is -1.08. The molecule has 3 atom stereocenters. The molecule has 0 aromatic rings. The Kier molecular flexibility index (Phi) is 4.79. The second-order valence-electron chi connectivity index (χ2n) is 6.14. The Morgan fingerprint density at radius 2 is 1.95 bits per heavy atom. The molecule has 6 nitrogen and oxygen atoms in total. The van der Waals surface area contributed by atoms with E-state index in [0.717, 1.165) is 4.90 Å². The summed E-state index contributed by atoms with van der Waals surface area (Å²) in [4.78, 5) is 24.1. The number of piperidine rings is 1. The van der Waals surface area contributed by atoms with Gasteiger partial charge < -0.3 is 19.8 Å². The quantitative estimate of drug-likeness (QED) is 0.741. The lowest BCUT2D eigenvalue weighted by Crippen LogP contribution is -2.49. The largest absolute Gasteiger partial charge is 0.465 e. The molecule has 6 heteroatoms.